The Balaban J connectivity index is 2.47. The molecule has 0 unspecified atom stereocenters. The van der Waals surface area contributed by atoms with Crippen molar-refractivity contribution in [2.45, 2.75) is 33.4 Å². The summed E-state index contributed by atoms with van der Waals surface area (Å²) in [5.74, 6) is 0. The molecule has 1 rings (SSSR count). The summed E-state index contributed by atoms with van der Waals surface area (Å²) in [6.45, 7) is 6.41. The van der Waals surface area contributed by atoms with Crippen molar-refractivity contribution in [2.24, 2.45) is 0 Å². The van der Waals surface area contributed by atoms with Gasteiger partial charge in [-0.1, -0.05) is 18.5 Å². The number of aromatic nitrogens is 2. The average Bonchev–Trinajstić information content (AvgIpc) is 2.64. The highest BCUT2D eigenvalue weighted by atomic mass is 35.5. The first-order valence-electron chi connectivity index (χ1n) is 5.40. The van der Waals surface area contributed by atoms with Gasteiger partial charge in [0.25, 0.3) is 0 Å². The van der Waals surface area contributed by atoms with E-state index in [1.807, 2.05) is 11.6 Å². The van der Waals surface area contributed by atoms with E-state index in [4.69, 9.17) is 23.8 Å². The van der Waals surface area contributed by atoms with E-state index in [9.17, 15) is 0 Å². The molecule has 0 aromatic carbocycles. The maximum atomic E-state index is 6.02. The van der Waals surface area contributed by atoms with Gasteiger partial charge >= 0.3 is 0 Å². The van der Waals surface area contributed by atoms with E-state index in [1.165, 1.54) is 0 Å². The largest absolute Gasteiger partial charge is 0.363 e. The molecule has 0 amide bonds. The molecule has 1 aromatic rings. The third kappa shape index (κ3) is 3.64. The molecule has 0 atom stereocenters. The molecular weight excluding hydrogens is 244 g/mol. The summed E-state index contributed by atoms with van der Waals surface area (Å²) in [7, 11) is 0. The molecule has 0 aliphatic heterocycles. The Morgan fingerprint density at radius 1 is 1.50 bits per heavy atom. The number of hydrogen-bond donors (Lipinski definition) is 2. The lowest BCUT2D eigenvalue weighted by Crippen LogP contribution is -2.35. The Hall–Kier alpha value is -0.810. The topological polar surface area (TPSA) is 41.9 Å². The second-order valence-corrected chi connectivity index (χ2v) is 4.18. The van der Waals surface area contributed by atoms with Crippen LogP contribution in [0.2, 0.25) is 5.02 Å². The van der Waals surface area contributed by atoms with E-state index in [0.717, 1.165) is 25.2 Å². The van der Waals surface area contributed by atoms with Gasteiger partial charge in [0, 0.05) is 13.1 Å². The molecule has 0 saturated carbocycles. The zero-order valence-electron chi connectivity index (χ0n) is 9.59. The number of nitrogens with one attached hydrogen (secondary N) is 2. The van der Waals surface area contributed by atoms with Crippen LogP contribution >= 0.6 is 23.8 Å². The number of nitrogens with zero attached hydrogens (tertiary/aromatic N) is 2. The van der Waals surface area contributed by atoms with E-state index in [2.05, 4.69) is 22.7 Å². The highest BCUT2D eigenvalue weighted by Gasteiger charge is 2.07. The lowest BCUT2D eigenvalue weighted by Gasteiger charge is -2.10. The third-order valence-electron chi connectivity index (χ3n) is 2.15. The standard InChI is InChI=1S/C10H17ClN4S/c1-3-5-12-10(16)13-7-9-8(11)6-14-15(9)4-2/h6H,3-5,7H2,1-2H3,(H2,12,13,16). The summed E-state index contributed by atoms with van der Waals surface area (Å²) < 4.78 is 1.86. The van der Waals surface area contributed by atoms with Gasteiger partial charge < -0.3 is 10.6 Å². The second kappa shape index (κ2) is 6.70. The van der Waals surface area contributed by atoms with Gasteiger partial charge in [0.2, 0.25) is 0 Å². The number of thiocarbonyl (C=S) groups is 1. The van der Waals surface area contributed by atoms with Gasteiger partial charge in [-0.05, 0) is 25.6 Å². The van der Waals surface area contributed by atoms with Crippen LogP contribution in [-0.4, -0.2) is 21.4 Å². The first kappa shape index (κ1) is 13.3. The monoisotopic (exact) mass is 260 g/mol. The van der Waals surface area contributed by atoms with E-state index >= 15 is 0 Å². The number of hydrogen-bond acceptors (Lipinski definition) is 2. The van der Waals surface area contributed by atoms with Gasteiger partial charge in [0.15, 0.2) is 5.11 Å². The molecule has 0 aliphatic carbocycles. The fourth-order valence-corrected chi connectivity index (χ4v) is 1.68. The number of aryl methyl sites for hydroxylation is 1. The van der Waals surface area contributed by atoms with Crippen molar-refractivity contribution < 1.29 is 0 Å². The van der Waals surface area contributed by atoms with Crippen molar-refractivity contribution in [2.75, 3.05) is 6.54 Å². The van der Waals surface area contributed by atoms with Gasteiger partial charge in [-0.2, -0.15) is 5.10 Å². The molecule has 6 heteroatoms. The summed E-state index contributed by atoms with van der Waals surface area (Å²) in [5, 5.41) is 11.7. The molecule has 0 saturated heterocycles. The van der Waals surface area contributed by atoms with Gasteiger partial charge in [-0.15, -0.1) is 0 Å². The number of halogens is 1. The molecule has 0 spiro atoms. The normalized spacial score (nSPS) is 10.2. The van der Waals surface area contributed by atoms with Crippen LogP contribution in [0.1, 0.15) is 26.0 Å². The van der Waals surface area contributed by atoms with Crippen molar-refractivity contribution in [3.05, 3.63) is 16.9 Å². The molecule has 0 radical (unpaired) electrons. The molecule has 0 fully saturated rings. The van der Waals surface area contributed by atoms with Crippen LogP contribution in [0.15, 0.2) is 6.20 Å². The SMILES string of the molecule is CCCNC(=S)NCc1c(Cl)cnn1CC. The van der Waals surface area contributed by atoms with Crippen molar-refractivity contribution in [3.8, 4) is 0 Å². The van der Waals surface area contributed by atoms with Crippen LogP contribution in [0.25, 0.3) is 0 Å². The predicted octanol–water partition coefficient (Wildman–Crippen LogP) is 1.93. The lowest BCUT2D eigenvalue weighted by atomic mass is 10.4. The fraction of sp³-hybridized carbons (Fsp3) is 0.600. The van der Waals surface area contributed by atoms with Gasteiger partial charge in [0.05, 0.1) is 23.5 Å². The van der Waals surface area contributed by atoms with E-state index < -0.39 is 0 Å². The Kier molecular flexibility index (Phi) is 5.55. The molecule has 1 heterocycles. The highest BCUT2D eigenvalue weighted by molar-refractivity contribution is 7.80. The van der Waals surface area contributed by atoms with Gasteiger partial charge in [0.1, 0.15) is 0 Å². The van der Waals surface area contributed by atoms with Gasteiger partial charge in [-0.3, -0.25) is 4.68 Å². The lowest BCUT2D eigenvalue weighted by molar-refractivity contribution is 0.611. The molecule has 16 heavy (non-hydrogen) atoms. The van der Waals surface area contributed by atoms with Crippen molar-refractivity contribution in [1.29, 1.82) is 0 Å². The minimum absolute atomic E-state index is 0.599. The summed E-state index contributed by atoms with van der Waals surface area (Å²) in [5.41, 5.74) is 0.963. The summed E-state index contributed by atoms with van der Waals surface area (Å²) in [6, 6.07) is 0. The smallest absolute Gasteiger partial charge is 0.166 e. The zero-order chi connectivity index (χ0) is 12.0. The van der Waals surface area contributed by atoms with E-state index in [-0.39, 0.29) is 0 Å². The van der Waals surface area contributed by atoms with Crippen LogP contribution < -0.4 is 10.6 Å². The van der Waals surface area contributed by atoms with Gasteiger partial charge in [-0.25, -0.2) is 0 Å². The minimum atomic E-state index is 0.599. The molecule has 90 valence electrons. The molecule has 1 aromatic heterocycles. The Morgan fingerprint density at radius 3 is 2.88 bits per heavy atom. The second-order valence-electron chi connectivity index (χ2n) is 3.36. The van der Waals surface area contributed by atoms with Crippen LogP contribution in [0.4, 0.5) is 0 Å². The Labute approximate surface area is 106 Å². The first-order chi connectivity index (χ1) is 7.69. The Morgan fingerprint density at radius 2 is 2.25 bits per heavy atom. The quantitative estimate of drug-likeness (QED) is 0.794. The minimum Gasteiger partial charge on any atom is -0.363 e. The van der Waals surface area contributed by atoms with Crippen LogP contribution in [-0.2, 0) is 13.1 Å². The van der Waals surface area contributed by atoms with Crippen molar-refractivity contribution >= 4 is 28.9 Å². The van der Waals surface area contributed by atoms with E-state index in [1.54, 1.807) is 6.20 Å². The summed E-state index contributed by atoms with van der Waals surface area (Å²) in [6.07, 6.45) is 2.71. The van der Waals surface area contributed by atoms with Crippen LogP contribution in [0, 0.1) is 0 Å². The maximum absolute atomic E-state index is 6.02. The average molecular weight is 261 g/mol. The molecule has 2 N–H and O–H groups in total. The Bertz CT molecular complexity index is 351. The summed E-state index contributed by atoms with van der Waals surface area (Å²) >= 11 is 11.1. The van der Waals surface area contributed by atoms with Crippen LogP contribution in [0.5, 0.6) is 0 Å². The van der Waals surface area contributed by atoms with Crippen molar-refractivity contribution in [1.82, 2.24) is 20.4 Å². The van der Waals surface area contributed by atoms with E-state index in [0.29, 0.717) is 16.7 Å². The first-order valence-corrected chi connectivity index (χ1v) is 6.19. The molecular formula is C10H17ClN4S. The predicted molar refractivity (Wildman–Crippen MR) is 70.6 cm³/mol. The van der Waals surface area contributed by atoms with Crippen LogP contribution in [0.3, 0.4) is 0 Å². The maximum Gasteiger partial charge on any atom is 0.166 e. The summed E-state index contributed by atoms with van der Waals surface area (Å²) in [4.78, 5) is 0. The highest BCUT2D eigenvalue weighted by Crippen LogP contribution is 2.14. The molecule has 0 bridgehead atoms. The van der Waals surface area contributed by atoms with Crippen molar-refractivity contribution in [3.63, 3.8) is 0 Å². The zero-order valence-corrected chi connectivity index (χ0v) is 11.2. The molecule has 0 aliphatic rings. The molecule has 4 nitrogen and oxygen atoms in total. The third-order valence-corrected chi connectivity index (χ3v) is 2.75. The number of rotatable bonds is 5. The fourth-order valence-electron chi connectivity index (χ4n) is 1.30.